The molecule has 1 aromatic heterocycles. The van der Waals surface area contributed by atoms with Gasteiger partial charge in [-0.25, -0.2) is 4.39 Å². The minimum atomic E-state index is -0.511. The van der Waals surface area contributed by atoms with Crippen LogP contribution >= 0.6 is 0 Å². The minimum absolute atomic E-state index is 0.178. The standard InChI is InChI=1S/C21H19FN2O3/c1-3-27-18(25)12-15-11-16(22)10-13(2)19(15)21(26)24-17-8-4-6-14-7-5-9-23-20(14)17/h4-11H,3,12H2,1-2H3,(H,24,26). The number of halogens is 1. The highest BCUT2D eigenvalue weighted by Gasteiger charge is 2.19. The Balaban J connectivity index is 1.97. The number of ether oxygens (including phenoxy) is 1. The number of esters is 1. The number of para-hydroxylation sites is 1. The molecule has 3 rings (SSSR count). The van der Waals surface area contributed by atoms with E-state index in [1.807, 2.05) is 24.3 Å². The molecule has 0 saturated heterocycles. The van der Waals surface area contributed by atoms with Crippen LogP contribution in [-0.4, -0.2) is 23.5 Å². The van der Waals surface area contributed by atoms with Gasteiger partial charge in [-0.05, 0) is 49.2 Å². The van der Waals surface area contributed by atoms with E-state index in [2.05, 4.69) is 10.3 Å². The fourth-order valence-corrected chi connectivity index (χ4v) is 3.03. The number of pyridine rings is 1. The molecule has 1 N–H and O–H groups in total. The maximum atomic E-state index is 13.8. The van der Waals surface area contributed by atoms with E-state index < -0.39 is 17.7 Å². The number of hydrogen-bond acceptors (Lipinski definition) is 4. The molecule has 2 aromatic carbocycles. The molecule has 0 saturated carbocycles. The van der Waals surface area contributed by atoms with Crippen LogP contribution in [-0.2, 0) is 16.0 Å². The molecule has 0 aliphatic carbocycles. The Morgan fingerprint density at radius 3 is 2.74 bits per heavy atom. The molecule has 0 fully saturated rings. The Bertz CT molecular complexity index is 1010. The van der Waals surface area contributed by atoms with Crippen molar-refractivity contribution in [3.63, 3.8) is 0 Å². The van der Waals surface area contributed by atoms with Gasteiger partial charge in [0.15, 0.2) is 0 Å². The second kappa shape index (κ2) is 7.95. The van der Waals surface area contributed by atoms with Gasteiger partial charge in [0.05, 0.1) is 24.2 Å². The molecule has 1 heterocycles. The smallest absolute Gasteiger partial charge is 0.310 e. The van der Waals surface area contributed by atoms with Crippen LogP contribution in [0.5, 0.6) is 0 Å². The van der Waals surface area contributed by atoms with Crippen molar-refractivity contribution >= 4 is 28.5 Å². The summed E-state index contributed by atoms with van der Waals surface area (Å²) in [5, 5.41) is 3.72. The molecular formula is C21H19FN2O3. The molecule has 3 aromatic rings. The highest BCUT2D eigenvalue weighted by atomic mass is 19.1. The lowest BCUT2D eigenvalue weighted by atomic mass is 9.98. The quantitative estimate of drug-likeness (QED) is 0.692. The second-order valence-corrected chi connectivity index (χ2v) is 6.07. The lowest BCUT2D eigenvalue weighted by Crippen LogP contribution is -2.19. The molecule has 5 nitrogen and oxygen atoms in total. The Morgan fingerprint density at radius 2 is 1.96 bits per heavy atom. The third-order valence-electron chi connectivity index (χ3n) is 4.13. The van der Waals surface area contributed by atoms with Crippen molar-refractivity contribution in [2.75, 3.05) is 11.9 Å². The molecule has 6 heteroatoms. The van der Waals surface area contributed by atoms with Gasteiger partial charge >= 0.3 is 5.97 Å². The zero-order valence-corrected chi connectivity index (χ0v) is 15.1. The maximum Gasteiger partial charge on any atom is 0.310 e. The molecule has 0 radical (unpaired) electrons. The fourth-order valence-electron chi connectivity index (χ4n) is 3.03. The summed E-state index contributed by atoms with van der Waals surface area (Å²) < 4.78 is 18.8. The molecule has 27 heavy (non-hydrogen) atoms. The molecule has 0 aliphatic rings. The van der Waals surface area contributed by atoms with E-state index >= 15 is 0 Å². The molecule has 0 unspecified atom stereocenters. The van der Waals surface area contributed by atoms with Crippen LogP contribution in [0.1, 0.15) is 28.4 Å². The van der Waals surface area contributed by atoms with E-state index in [4.69, 9.17) is 4.74 Å². The van der Waals surface area contributed by atoms with E-state index in [0.29, 0.717) is 16.8 Å². The number of aromatic nitrogens is 1. The van der Waals surface area contributed by atoms with Gasteiger partial charge in [0, 0.05) is 17.1 Å². The van der Waals surface area contributed by atoms with Gasteiger partial charge in [0.2, 0.25) is 0 Å². The van der Waals surface area contributed by atoms with Crippen molar-refractivity contribution in [3.05, 3.63) is 71.2 Å². The number of fused-ring (bicyclic) bond motifs is 1. The molecule has 1 amide bonds. The number of carbonyl (C=O) groups is 2. The number of anilines is 1. The number of carbonyl (C=O) groups excluding carboxylic acids is 2. The zero-order valence-electron chi connectivity index (χ0n) is 15.1. The number of nitrogens with one attached hydrogen (secondary N) is 1. The van der Waals surface area contributed by atoms with Crippen LogP contribution in [0.15, 0.2) is 48.7 Å². The summed E-state index contributed by atoms with van der Waals surface area (Å²) in [5.41, 5.74) is 2.19. The van der Waals surface area contributed by atoms with E-state index in [0.717, 1.165) is 5.39 Å². The summed E-state index contributed by atoms with van der Waals surface area (Å²) >= 11 is 0. The summed E-state index contributed by atoms with van der Waals surface area (Å²) in [7, 11) is 0. The maximum absolute atomic E-state index is 13.8. The lowest BCUT2D eigenvalue weighted by molar-refractivity contribution is -0.142. The number of aryl methyl sites for hydroxylation is 1. The fraction of sp³-hybridized carbons (Fsp3) is 0.190. The van der Waals surface area contributed by atoms with Crippen LogP contribution in [0.3, 0.4) is 0 Å². The van der Waals surface area contributed by atoms with Crippen molar-refractivity contribution in [1.82, 2.24) is 4.98 Å². The molecule has 0 spiro atoms. The Kier molecular flexibility index (Phi) is 5.45. The summed E-state index contributed by atoms with van der Waals surface area (Å²) in [4.78, 5) is 29.1. The van der Waals surface area contributed by atoms with Gasteiger partial charge in [-0.2, -0.15) is 0 Å². The van der Waals surface area contributed by atoms with Gasteiger partial charge in [-0.15, -0.1) is 0 Å². The highest BCUT2D eigenvalue weighted by Crippen LogP contribution is 2.24. The normalized spacial score (nSPS) is 10.6. The predicted molar refractivity (Wildman–Crippen MR) is 101 cm³/mol. The second-order valence-electron chi connectivity index (χ2n) is 6.07. The minimum Gasteiger partial charge on any atom is -0.466 e. The first-order valence-corrected chi connectivity index (χ1v) is 8.59. The Hall–Kier alpha value is -3.28. The third kappa shape index (κ3) is 4.11. The summed E-state index contributed by atoms with van der Waals surface area (Å²) in [6.45, 7) is 3.54. The third-order valence-corrected chi connectivity index (χ3v) is 4.13. The topological polar surface area (TPSA) is 68.3 Å². The van der Waals surface area contributed by atoms with Crippen molar-refractivity contribution in [2.45, 2.75) is 20.3 Å². The predicted octanol–water partition coefficient (Wildman–Crippen LogP) is 4.04. The monoisotopic (exact) mass is 366 g/mol. The summed E-state index contributed by atoms with van der Waals surface area (Å²) in [5.74, 6) is -1.44. The van der Waals surface area contributed by atoms with Crippen molar-refractivity contribution < 1.29 is 18.7 Å². The van der Waals surface area contributed by atoms with Crippen LogP contribution in [0.25, 0.3) is 10.9 Å². The number of benzene rings is 2. The SMILES string of the molecule is CCOC(=O)Cc1cc(F)cc(C)c1C(=O)Nc1cccc2cccnc12. The zero-order chi connectivity index (χ0) is 19.4. The number of rotatable bonds is 5. The average Bonchev–Trinajstić information content (AvgIpc) is 2.61. The molecule has 138 valence electrons. The molecule has 0 bridgehead atoms. The highest BCUT2D eigenvalue weighted by molar-refractivity contribution is 6.10. The van der Waals surface area contributed by atoms with Crippen LogP contribution in [0, 0.1) is 12.7 Å². The van der Waals surface area contributed by atoms with E-state index in [1.165, 1.54) is 12.1 Å². The molecular weight excluding hydrogens is 347 g/mol. The number of hydrogen-bond donors (Lipinski definition) is 1. The van der Waals surface area contributed by atoms with Crippen molar-refractivity contribution in [3.8, 4) is 0 Å². The first-order valence-electron chi connectivity index (χ1n) is 8.59. The van der Waals surface area contributed by atoms with E-state index in [9.17, 15) is 14.0 Å². The van der Waals surface area contributed by atoms with E-state index in [1.54, 1.807) is 26.1 Å². The largest absolute Gasteiger partial charge is 0.466 e. The Labute approximate surface area is 156 Å². The first-order chi connectivity index (χ1) is 13.0. The van der Waals surface area contributed by atoms with Gasteiger partial charge in [-0.3, -0.25) is 14.6 Å². The summed E-state index contributed by atoms with van der Waals surface area (Å²) in [6.07, 6.45) is 1.47. The van der Waals surface area contributed by atoms with Crippen molar-refractivity contribution in [2.24, 2.45) is 0 Å². The number of nitrogens with zero attached hydrogens (tertiary/aromatic N) is 1. The van der Waals surface area contributed by atoms with Gasteiger partial charge in [0.25, 0.3) is 5.91 Å². The van der Waals surface area contributed by atoms with Gasteiger partial charge in [0.1, 0.15) is 5.82 Å². The molecule has 0 atom stereocenters. The van der Waals surface area contributed by atoms with Crippen molar-refractivity contribution in [1.29, 1.82) is 0 Å². The first kappa shape index (κ1) is 18.5. The number of amides is 1. The van der Waals surface area contributed by atoms with Gasteiger partial charge < -0.3 is 10.1 Å². The lowest BCUT2D eigenvalue weighted by Gasteiger charge is -2.14. The van der Waals surface area contributed by atoms with Crippen LogP contribution in [0.4, 0.5) is 10.1 Å². The molecule has 0 aliphatic heterocycles. The van der Waals surface area contributed by atoms with Crippen LogP contribution < -0.4 is 5.32 Å². The van der Waals surface area contributed by atoms with Gasteiger partial charge in [-0.1, -0.05) is 18.2 Å². The average molecular weight is 366 g/mol. The summed E-state index contributed by atoms with van der Waals surface area (Å²) in [6, 6.07) is 11.6. The Morgan fingerprint density at radius 1 is 1.19 bits per heavy atom. The van der Waals surface area contributed by atoms with Crippen LogP contribution in [0.2, 0.25) is 0 Å². The van der Waals surface area contributed by atoms with E-state index in [-0.39, 0.29) is 24.2 Å².